The van der Waals surface area contributed by atoms with E-state index in [0.29, 0.717) is 32.6 Å². The summed E-state index contributed by atoms with van der Waals surface area (Å²) in [5.74, 6) is 0.643. The summed E-state index contributed by atoms with van der Waals surface area (Å²) in [6.07, 6.45) is 0.685. The van der Waals surface area contributed by atoms with Crippen LogP contribution >= 0.6 is 23.2 Å². The molecule has 26 heavy (non-hydrogen) atoms. The Morgan fingerprint density at radius 2 is 1.77 bits per heavy atom. The molecule has 0 aliphatic carbocycles. The maximum atomic E-state index is 11.6. The van der Waals surface area contributed by atoms with Gasteiger partial charge in [-0.2, -0.15) is 0 Å². The zero-order valence-corrected chi connectivity index (χ0v) is 15.6. The average Bonchev–Trinajstić information content (AvgIpc) is 2.60. The van der Waals surface area contributed by atoms with Crippen LogP contribution in [0.4, 0.5) is 0 Å². The van der Waals surface area contributed by atoms with Crippen LogP contribution in [0.3, 0.4) is 0 Å². The third-order valence-corrected chi connectivity index (χ3v) is 4.53. The molecule has 0 spiro atoms. The SMILES string of the molecule is Cc1cc(COc2ccc(Cc3ccc(Cl)cc3Cl)cc2)n(O)c(=O)c1. The highest BCUT2D eigenvalue weighted by Crippen LogP contribution is 2.24. The van der Waals surface area contributed by atoms with Crippen LogP contribution in [-0.4, -0.2) is 9.94 Å². The van der Waals surface area contributed by atoms with Crippen LogP contribution in [0.2, 0.25) is 10.0 Å². The fraction of sp³-hybridized carbons (Fsp3) is 0.150. The lowest BCUT2D eigenvalue weighted by Gasteiger charge is -2.10. The van der Waals surface area contributed by atoms with Gasteiger partial charge in [-0.15, -0.1) is 4.73 Å². The summed E-state index contributed by atoms with van der Waals surface area (Å²) in [6, 6.07) is 16.1. The van der Waals surface area contributed by atoms with Crippen molar-refractivity contribution < 1.29 is 9.94 Å². The van der Waals surface area contributed by atoms with Crippen molar-refractivity contribution in [2.24, 2.45) is 0 Å². The molecular weight excluding hydrogens is 373 g/mol. The second-order valence-electron chi connectivity index (χ2n) is 6.02. The first-order valence-electron chi connectivity index (χ1n) is 8.00. The van der Waals surface area contributed by atoms with E-state index in [1.807, 2.05) is 36.4 Å². The molecule has 1 heterocycles. The number of hydrogen-bond donors (Lipinski definition) is 1. The Bertz CT molecular complexity index is 981. The van der Waals surface area contributed by atoms with Gasteiger partial charge in [-0.05, 0) is 60.4 Å². The van der Waals surface area contributed by atoms with Crippen LogP contribution in [0.15, 0.2) is 59.4 Å². The third-order valence-electron chi connectivity index (χ3n) is 3.95. The number of aryl methyl sites for hydroxylation is 1. The Labute approximate surface area is 161 Å². The van der Waals surface area contributed by atoms with Gasteiger partial charge < -0.3 is 9.94 Å². The molecule has 1 N–H and O–H groups in total. The van der Waals surface area contributed by atoms with Crippen LogP contribution in [0.1, 0.15) is 22.4 Å². The highest BCUT2D eigenvalue weighted by atomic mass is 35.5. The average molecular weight is 390 g/mol. The predicted octanol–water partition coefficient (Wildman–Crippen LogP) is 4.87. The molecule has 0 saturated carbocycles. The van der Waals surface area contributed by atoms with Crippen molar-refractivity contribution in [2.75, 3.05) is 0 Å². The fourth-order valence-corrected chi connectivity index (χ4v) is 3.09. The summed E-state index contributed by atoms with van der Waals surface area (Å²) in [7, 11) is 0. The summed E-state index contributed by atoms with van der Waals surface area (Å²) >= 11 is 12.1. The van der Waals surface area contributed by atoms with Gasteiger partial charge in [-0.1, -0.05) is 41.4 Å². The van der Waals surface area contributed by atoms with E-state index in [2.05, 4.69) is 0 Å². The molecule has 3 aromatic rings. The first kappa shape index (κ1) is 18.4. The number of halogens is 2. The molecule has 0 aliphatic heterocycles. The molecule has 0 atom stereocenters. The molecule has 134 valence electrons. The van der Waals surface area contributed by atoms with Gasteiger partial charge in [0, 0.05) is 16.1 Å². The Morgan fingerprint density at radius 1 is 1.04 bits per heavy atom. The zero-order valence-electron chi connectivity index (χ0n) is 14.1. The Morgan fingerprint density at radius 3 is 2.46 bits per heavy atom. The van der Waals surface area contributed by atoms with Crippen LogP contribution in [0.25, 0.3) is 0 Å². The number of pyridine rings is 1. The summed E-state index contributed by atoms with van der Waals surface area (Å²) in [5, 5.41) is 11.0. The largest absolute Gasteiger partial charge is 0.487 e. The minimum atomic E-state index is -0.473. The maximum Gasteiger partial charge on any atom is 0.283 e. The molecule has 0 bridgehead atoms. The molecule has 0 aliphatic rings. The lowest BCUT2D eigenvalue weighted by atomic mass is 10.0. The van der Waals surface area contributed by atoms with Gasteiger partial charge in [0.25, 0.3) is 5.56 Å². The molecule has 1 aromatic heterocycles. The lowest BCUT2D eigenvalue weighted by molar-refractivity contribution is 0.147. The minimum absolute atomic E-state index is 0.0930. The van der Waals surface area contributed by atoms with Crippen molar-refractivity contribution in [2.45, 2.75) is 20.0 Å². The second-order valence-corrected chi connectivity index (χ2v) is 6.86. The number of hydrogen-bond acceptors (Lipinski definition) is 3. The Kier molecular flexibility index (Phi) is 5.55. The van der Waals surface area contributed by atoms with E-state index in [0.717, 1.165) is 16.7 Å². The standard InChI is InChI=1S/C20H17Cl2NO3/c1-13-8-17(23(25)20(24)9-13)12-26-18-6-2-14(3-7-18)10-15-4-5-16(21)11-19(15)22/h2-9,11,25H,10,12H2,1H3. The van der Waals surface area contributed by atoms with Crippen LogP contribution in [0, 0.1) is 6.92 Å². The number of benzene rings is 2. The van der Waals surface area contributed by atoms with E-state index in [1.165, 1.54) is 6.07 Å². The van der Waals surface area contributed by atoms with Gasteiger partial charge in [-0.3, -0.25) is 4.79 Å². The van der Waals surface area contributed by atoms with Gasteiger partial charge in [0.1, 0.15) is 12.4 Å². The van der Waals surface area contributed by atoms with E-state index >= 15 is 0 Å². The molecule has 0 radical (unpaired) electrons. The first-order chi connectivity index (χ1) is 12.4. The smallest absolute Gasteiger partial charge is 0.283 e. The number of aromatic nitrogens is 1. The van der Waals surface area contributed by atoms with Crippen molar-refractivity contribution in [1.29, 1.82) is 0 Å². The van der Waals surface area contributed by atoms with E-state index in [-0.39, 0.29) is 6.61 Å². The number of rotatable bonds is 5. The van der Waals surface area contributed by atoms with Crippen LogP contribution in [-0.2, 0) is 13.0 Å². The topological polar surface area (TPSA) is 51.5 Å². The molecule has 0 unspecified atom stereocenters. The molecule has 4 nitrogen and oxygen atoms in total. The van der Waals surface area contributed by atoms with Crippen molar-refractivity contribution in [3.05, 3.63) is 97.4 Å². The maximum absolute atomic E-state index is 11.6. The molecule has 0 fully saturated rings. The van der Waals surface area contributed by atoms with Crippen molar-refractivity contribution in [3.8, 4) is 5.75 Å². The van der Waals surface area contributed by atoms with Gasteiger partial charge in [-0.25, -0.2) is 0 Å². The molecule has 0 amide bonds. The highest BCUT2D eigenvalue weighted by molar-refractivity contribution is 6.35. The van der Waals surface area contributed by atoms with Gasteiger partial charge >= 0.3 is 0 Å². The van der Waals surface area contributed by atoms with Gasteiger partial charge in [0.05, 0.1) is 5.69 Å². The van der Waals surface area contributed by atoms with Crippen LogP contribution < -0.4 is 10.3 Å². The molecule has 0 saturated heterocycles. The molecular formula is C20H17Cl2NO3. The molecule has 6 heteroatoms. The number of ether oxygens (including phenoxy) is 1. The van der Waals surface area contributed by atoms with Crippen molar-refractivity contribution in [3.63, 3.8) is 0 Å². The molecule has 2 aromatic carbocycles. The first-order valence-corrected chi connectivity index (χ1v) is 8.75. The van der Waals surface area contributed by atoms with Crippen LogP contribution in [0.5, 0.6) is 5.75 Å². The van der Waals surface area contributed by atoms with E-state index < -0.39 is 5.56 Å². The summed E-state index contributed by atoms with van der Waals surface area (Å²) in [6.45, 7) is 1.89. The van der Waals surface area contributed by atoms with Gasteiger partial charge in [0.15, 0.2) is 0 Å². The minimum Gasteiger partial charge on any atom is -0.487 e. The molecule has 3 rings (SSSR count). The van der Waals surface area contributed by atoms with Crippen molar-refractivity contribution in [1.82, 2.24) is 4.73 Å². The second kappa shape index (κ2) is 7.85. The zero-order chi connectivity index (χ0) is 18.7. The van der Waals surface area contributed by atoms with Gasteiger partial charge in [0.2, 0.25) is 0 Å². The Balaban J connectivity index is 1.67. The van der Waals surface area contributed by atoms with E-state index in [4.69, 9.17) is 27.9 Å². The van der Waals surface area contributed by atoms with E-state index in [9.17, 15) is 10.0 Å². The van der Waals surface area contributed by atoms with Crippen molar-refractivity contribution >= 4 is 23.2 Å². The summed E-state index contributed by atoms with van der Waals surface area (Å²) < 4.78 is 6.27. The number of nitrogens with zero attached hydrogens (tertiary/aromatic N) is 1. The Hall–Kier alpha value is -2.43. The quantitative estimate of drug-likeness (QED) is 0.633. The summed E-state index contributed by atoms with van der Waals surface area (Å²) in [4.78, 5) is 11.6. The highest BCUT2D eigenvalue weighted by Gasteiger charge is 2.06. The lowest BCUT2D eigenvalue weighted by Crippen LogP contribution is -2.21. The normalized spacial score (nSPS) is 10.7. The monoisotopic (exact) mass is 389 g/mol. The predicted molar refractivity (Wildman–Crippen MR) is 103 cm³/mol. The third kappa shape index (κ3) is 4.40. The summed E-state index contributed by atoms with van der Waals surface area (Å²) in [5.41, 5.74) is 2.77. The fourth-order valence-electron chi connectivity index (χ4n) is 2.61. The van der Waals surface area contributed by atoms with E-state index in [1.54, 1.807) is 19.1 Å².